The maximum Gasteiger partial charge on any atom is 0.355 e. The third kappa shape index (κ3) is 6.88. The van der Waals surface area contributed by atoms with Gasteiger partial charge < -0.3 is 23.5 Å². The highest BCUT2D eigenvalue weighted by Gasteiger charge is 2.28. The van der Waals surface area contributed by atoms with Crippen LogP contribution < -0.4 is 4.74 Å². The zero-order valence-electron chi connectivity index (χ0n) is 28.7. The fourth-order valence-electron chi connectivity index (χ4n) is 7.34. The van der Waals surface area contributed by atoms with E-state index in [0.29, 0.717) is 45.1 Å². The molecule has 5 aromatic rings. The van der Waals surface area contributed by atoms with Gasteiger partial charge in [0.25, 0.3) is 0 Å². The highest BCUT2D eigenvalue weighted by Crippen LogP contribution is 2.39. The van der Waals surface area contributed by atoms with E-state index in [2.05, 4.69) is 63.5 Å². The maximum atomic E-state index is 13.8. The lowest BCUT2D eigenvalue weighted by Crippen LogP contribution is -2.38. The van der Waals surface area contributed by atoms with E-state index in [1.54, 1.807) is 0 Å². The predicted octanol–water partition coefficient (Wildman–Crippen LogP) is 6.83. The minimum atomic E-state index is -0.300. The molecule has 0 unspecified atom stereocenters. The van der Waals surface area contributed by atoms with Gasteiger partial charge in [0.1, 0.15) is 11.4 Å². The first-order chi connectivity index (χ1) is 24.2. The Balaban J connectivity index is 1.28. The standard InChI is InChI=1S/C40H46N4O5/c1-3-35-37-33-16-10-15-31-32(17-11-25-49-36-18-9-13-29-12-5-6-14-30(29)36)39(40(45)48-4-2)43(38(31)33)19-7-8-24-47-28-34(37)41-44(35)21-20-42-22-26-46-27-23-42/h5-10,12-16,18H,3-4,11,17,19-28H2,1-2H3/b8-7-. The van der Waals surface area contributed by atoms with Crippen LogP contribution in [0.5, 0.6) is 5.75 Å². The summed E-state index contributed by atoms with van der Waals surface area (Å²) in [6.07, 6.45) is 6.35. The van der Waals surface area contributed by atoms with Crippen LogP contribution in [0.3, 0.4) is 0 Å². The zero-order chi connectivity index (χ0) is 33.6. The number of nitrogens with zero attached hydrogens (tertiary/aromatic N) is 4. The van der Waals surface area contributed by atoms with E-state index >= 15 is 0 Å². The summed E-state index contributed by atoms with van der Waals surface area (Å²) in [6.45, 7) is 11.4. The number of carbonyl (C=O) groups excluding carboxylic acids is 1. The molecule has 49 heavy (non-hydrogen) atoms. The van der Waals surface area contributed by atoms with Gasteiger partial charge in [-0.15, -0.1) is 0 Å². The van der Waals surface area contributed by atoms with Gasteiger partial charge in [-0.25, -0.2) is 4.79 Å². The molecule has 2 aromatic heterocycles. The Morgan fingerprint density at radius 2 is 1.73 bits per heavy atom. The van der Waals surface area contributed by atoms with Gasteiger partial charge in [-0.1, -0.05) is 73.7 Å². The van der Waals surface area contributed by atoms with E-state index in [-0.39, 0.29) is 5.97 Å². The first kappa shape index (κ1) is 33.1. The molecule has 2 aliphatic rings. The van der Waals surface area contributed by atoms with Crippen molar-refractivity contribution in [2.75, 3.05) is 52.7 Å². The molecule has 0 saturated carbocycles. The van der Waals surface area contributed by atoms with Gasteiger partial charge in [0.05, 0.1) is 57.4 Å². The van der Waals surface area contributed by atoms with Crippen molar-refractivity contribution in [3.8, 4) is 16.9 Å². The van der Waals surface area contributed by atoms with E-state index in [1.807, 2.05) is 37.3 Å². The van der Waals surface area contributed by atoms with E-state index in [1.165, 1.54) is 5.69 Å². The average Bonchev–Trinajstić information content (AvgIpc) is 3.64. The number of rotatable bonds is 11. The summed E-state index contributed by atoms with van der Waals surface area (Å²) in [5.41, 5.74) is 6.93. The number of aryl methyl sites for hydroxylation is 1. The van der Waals surface area contributed by atoms with Crippen molar-refractivity contribution in [1.82, 2.24) is 19.2 Å². The lowest BCUT2D eigenvalue weighted by molar-refractivity contribution is 0.0358. The van der Waals surface area contributed by atoms with E-state index in [0.717, 1.165) is 102 Å². The molecule has 4 heterocycles. The molecular formula is C40H46N4O5. The van der Waals surface area contributed by atoms with Crippen LogP contribution in [0.1, 0.15) is 47.7 Å². The normalized spacial score (nSPS) is 16.0. The molecule has 0 spiro atoms. The monoisotopic (exact) mass is 662 g/mol. The highest BCUT2D eigenvalue weighted by molar-refractivity contribution is 6.05. The molecule has 7 rings (SSSR count). The number of para-hydroxylation sites is 1. The van der Waals surface area contributed by atoms with Crippen molar-refractivity contribution in [2.45, 2.75) is 52.8 Å². The Labute approximate surface area is 288 Å². The number of morpholine rings is 1. The summed E-state index contributed by atoms with van der Waals surface area (Å²) >= 11 is 0. The van der Waals surface area contributed by atoms with Gasteiger partial charge in [0.2, 0.25) is 0 Å². The molecular weight excluding hydrogens is 616 g/mol. The Morgan fingerprint density at radius 3 is 2.59 bits per heavy atom. The van der Waals surface area contributed by atoms with Crippen molar-refractivity contribution in [2.24, 2.45) is 0 Å². The van der Waals surface area contributed by atoms with Crippen LogP contribution in [-0.4, -0.2) is 77.9 Å². The quantitative estimate of drug-likeness (QED) is 0.0872. The highest BCUT2D eigenvalue weighted by atomic mass is 16.5. The minimum absolute atomic E-state index is 0.300. The number of hydrogen-bond acceptors (Lipinski definition) is 7. The van der Waals surface area contributed by atoms with Gasteiger partial charge >= 0.3 is 5.97 Å². The smallest absolute Gasteiger partial charge is 0.355 e. The molecule has 0 N–H and O–H groups in total. The van der Waals surface area contributed by atoms with Crippen LogP contribution in [0.25, 0.3) is 32.8 Å². The fraction of sp³-hybridized carbons (Fsp3) is 0.400. The number of hydrogen-bond donors (Lipinski definition) is 0. The second kappa shape index (κ2) is 15.4. The number of esters is 1. The second-order valence-electron chi connectivity index (χ2n) is 12.6. The number of carbonyl (C=O) groups is 1. The van der Waals surface area contributed by atoms with Gasteiger partial charge in [0, 0.05) is 53.8 Å². The number of allylic oxidation sites excluding steroid dienone is 1. The average molecular weight is 663 g/mol. The molecule has 9 nitrogen and oxygen atoms in total. The zero-order valence-corrected chi connectivity index (χ0v) is 28.7. The predicted molar refractivity (Wildman–Crippen MR) is 192 cm³/mol. The van der Waals surface area contributed by atoms with Crippen LogP contribution in [0.4, 0.5) is 0 Å². The summed E-state index contributed by atoms with van der Waals surface area (Å²) in [6, 6.07) is 20.9. The molecule has 2 aliphatic heterocycles. The van der Waals surface area contributed by atoms with E-state index in [9.17, 15) is 4.79 Å². The molecule has 0 radical (unpaired) electrons. The van der Waals surface area contributed by atoms with Crippen LogP contribution >= 0.6 is 0 Å². The molecule has 0 atom stereocenters. The van der Waals surface area contributed by atoms with Gasteiger partial charge in [0.15, 0.2) is 0 Å². The van der Waals surface area contributed by atoms with Crippen molar-refractivity contribution in [1.29, 1.82) is 0 Å². The van der Waals surface area contributed by atoms with Crippen LogP contribution in [0, 0.1) is 0 Å². The van der Waals surface area contributed by atoms with Gasteiger partial charge in [-0.2, -0.15) is 5.10 Å². The van der Waals surface area contributed by atoms with E-state index in [4.69, 9.17) is 24.0 Å². The van der Waals surface area contributed by atoms with Crippen molar-refractivity contribution in [3.05, 3.63) is 95.5 Å². The van der Waals surface area contributed by atoms with Crippen molar-refractivity contribution < 1.29 is 23.7 Å². The second-order valence-corrected chi connectivity index (χ2v) is 12.6. The molecule has 9 heteroatoms. The Hall–Kier alpha value is -4.44. The van der Waals surface area contributed by atoms with Gasteiger partial charge in [-0.3, -0.25) is 9.58 Å². The number of fused-ring (bicyclic) bond motifs is 3. The largest absolute Gasteiger partial charge is 0.493 e. The SMILES string of the molecule is CCOC(=O)c1c(CCCOc2cccc3ccccc23)c2cccc3c2n1C/C=C\COCc1nn(CCN2CCOCC2)c(CC)c1-3. The Kier molecular flexibility index (Phi) is 10.4. The first-order valence-corrected chi connectivity index (χ1v) is 17.7. The molecule has 1 saturated heterocycles. The summed E-state index contributed by atoms with van der Waals surface area (Å²) in [4.78, 5) is 16.3. The third-order valence-corrected chi connectivity index (χ3v) is 9.61. The van der Waals surface area contributed by atoms with Crippen molar-refractivity contribution >= 4 is 27.6 Å². The number of aromatic nitrogens is 3. The topological polar surface area (TPSA) is 80.0 Å². The molecule has 1 fully saturated rings. The fourth-order valence-corrected chi connectivity index (χ4v) is 7.34. The molecule has 0 aliphatic carbocycles. The summed E-state index contributed by atoms with van der Waals surface area (Å²) in [7, 11) is 0. The third-order valence-electron chi connectivity index (χ3n) is 9.61. The van der Waals surface area contributed by atoms with Crippen molar-refractivity contribution in [3.63, 3.8) is 0 Å². The summed E-state index contributed by atoms with van der Waals surface area (Å²) < 4.78 is 28.1. The van der Waals surface area contributed by atoms with E-state index < -0.39 is 0 Å². The van der Waals surface area contributed by atoms with Crippen LogP contribution in [0.15, 0.2) is 72.8 Å². The number of benzene rings is 3. The minimum Gasteiger partial charge on any atom is -0.493 e. The van der Waals surface area contributed by atoms with Crippen LogP contribution in [0.2, 0.25) is 0 Å². The first-order valence-electron chi connectivity index (χ1n) is 17.7. The van der Waals surface area contributed by atoms with Gasteiger partial charge in [-0.05, 0) is 43.2 Å². The summed E-state index contributed by atoms with van der Waals surface area (Å²) in [5, 5.41) is 8.49. The maximum absolute atomic E-state index is 13.8. The Morgan fingerprint density at radius 1 is 0.918 bits per heavy atom. The molecule has 256 valence electrons. The molecule has 3 aromatic carbocycles. The lowest BCUT2D eigenvalue weighted by Gasteiger charge is -2.26. The van der Waals surface area contributed by atoms with Crippen LogP contribution in [-0.2, 0) is 46.7 Å². The molecule has 0 bridgehead atoms. The molecule has 0 amide bonds. The lowest BCUT2D eigenvalue weighted by atomic mass is 9.97. The summed E-state index contributed by atoms with van der Waals surface area (Å²) in [5.74, 6) is 0.576. The number of ether oxygens (including phenoxy) is 4. The Bertz CT molecular complexity index is 1950.